The summed E-state index contributed by atoms with van der Waals surface area (Å²) in [5.74, 6) is -5.24. The Morgan fingerprint density at radius 3 is 1.13 bits per heavy atom. The molecule has 6 heteroatoms. The third kappa shape index (κ3) is 10.6. The molecule has 0 atom stereocenters. The van der Waals surface area contributed by atoms with Crippen molar-refractivity contribution in [2.75, 3.05) is 0 Å². The molecule has 3 aromatic carbocycles. The molecule has 210 valence electrons. The average Bonchev–Trinajstić information content (AvgIpc) is 2.96. The van der Waals surface area contributed by atoms with Crippen LogP contribution in [0.15, 0.2) is 97.1 Å². The van der Waals surface area contributed by atoms with Crippen molar-refractivity contribution in [1.82, 2.24) is 0 Å². The molecular weight excluding hydrogens is 492 g/mol. The van der Waals surface area contributed by atoms with Crippen LogP contribution >= 0.6 is 0 Å². The zero-order valence-electron chi connectivity index (χ0n) is 23.7. The van der Waals surface area contributed by atoms with Crippen molar-refractivity contribution in [2.24, 2.45) is 11.8 Å². The topological polar surface area (TPSA) is 112 Å². The van der Waals surface area contributed by atoms with Crippen LogP contribution in [0, 0.1) is 11.8 Å². The molecule has 4 rings (SSSR count). The number of carbonyl (C=O) groups is 3. The van der Waals surface area contributed by atoms with Gasteiger partial charge in [-0.3, -0.25) is 9.59 Å². The molecule has 0 amide bonds. The first-order chi connectivity index (χ1) is 18.9. The van der Waals surface area contributed by atoms with Crippen LogP contribution in [0.25, 0.3) is 6.08 Å². The van der Waals surface area contributed by atoms with Crippen LogP contribution < -0.4 is 0 Å². The maximum absolute atomic E-state index is 11.7. The molecule has 0 saturated heterocycles. The van der Waals surface area contributed by atoms with Gasteiger partial charge < -0.3 is 15.3 Å². The lowest BCUT2D eigenvalue weighted by atomic mass is 9.52. The molecule has 6 nitrogen and oxygen atoms in total. The van der Waals surface area contributed by atoms with E-state index in [2.05, 4.69) is 0 Å². The van der Waals surface area contributed by atoms with E-state index in [1.165, 1.54) is 0 Å². The minimum Gasteiger partial charge on any atom is -0.481 e. The molecule has 1 aliphatic carbocycles. The summed E-state index contributed by atoms with van der Waals surface area (Å²) < 4.78 is 0. The second-order valence-corrected chi connectivity index (χ2v) is 7.68. The molecule has 0 aliphatic heterocycles. The molecule has 0 bridgehead atoms. The standard InChI is InChI=1S/C18H16O4.C9H8O2.3C2H6/c19-17(20)15-13(11-7-3-1-4-8-11)16(18(21)22)14(15)12-9-5-2-6-10-12;10-9(11)7-6-8-4-2-1-3-5-8;3*1-2/h1-10,13-16H,(H,19,20)(H,21,22);1-7H,(H,10,11);3*1-2H3/b;7-6+;;;. The van der Waals surface area contributed by atoms with Gasteiger partial charge >= 0.3 is 17.9 Å². The summed E-state index contributed by atoms with van der Waals surface area (Å²) in [7, 11) is 0. The monoisotopic (exact) mass is 534 g/mol. The van der Waals surface area contributed by atoms with E-state index in [1.807, 2.05) is 108 Å². The molecule has 1 fully saturated rings. The largest absolute Gasteiger partial charge is 0.481 e. The predicted octanol–water partition coefficient (Wildman–Crippen LogP) is 7.83. The number of rotatable bonds is 6. The Bertz CT molecular complexity index is 1040. The van der Waals surface area contributed by atoms with E-state index in [-0.39, 0.29) is 0 Å². The van der Waals surface area contributed by atoms with Gasteiger partial charge in [0.1, 0.15) is 0 Å². The van der Waals surface area contributed by atoms with Crippen molar-refractivity contribution >= 4 is 24.0 Å². The highest BCUT2D eigenvalue weighted by atomic mass is 16.4. The van der Waals surface area contributed by atoms with Crippen LogP contribution in [-0.2, 0) is 14.4 Å². The van der Waals surface area contributed by atoms with Crippen molar-refractivity contribution in [3.63, 3.8) is 0 Å². The fourth-order valence-electron chi connectivity index (χ4n) is 4.27. The Kier molecular flexibility index (Phi) is 17.7. The molecule has 39 heavy (non-hydrogen) atoms. The Hall–Kier alpha value is -4.19. The summed E-state index contributed by atoms with van der Waals surface area (Å²) >= 11 is 0. The fraction of sp³-hybridized carbons (Fsp3) is 0.303. The molecule has 3 aromatic rings. The first-order valence-corrected chi connectivity index (χ1v) is 13.4. The molecule has 1 saturated carbocycles. The number of carboxylic acid groups (broad SMARTS) is 3. The number of hydrogen-bond acceptors (Lipinski definition) is 3. The highest BCUT2D eigenvalue weighted by Crippen LogP contribution is 2.57. The Morgan fingerprint density at radius 2 is 0.846 bits per heavy atom. The van der Waals surface area contributed by atoms with Crippen molar-refractivity contribution in [2.45, 2.75) is 53.4 Å². The van der Waals surface area contributed by atoms with E-state index < -0.39 is 41.6 Å². The predicted molar refractivity (Wildman–Crippen MR) is 158 cm³/mol. The second kappa shape index (κ2) is 19.9. The minimum absolute atomic E-state index is 0.499. The van der Waals surface area contributed by atoms with E-state index in [9.17, 15) is 24.6 Å². The van der Waals surface area contributed by atoms with E-state index in [1.54, 1.807) is 30.3 Å². The number of aliphatic carboxylic acids is 3. The highest BCUT2D eigenvalue weighted by molar-refractivity contribution is 5.85. The molecule has 0 aromatic heterocycles. The number of carboxylic acids is 3. The quantitative estimate of drug-likeness (QED) is 0.278. The van der Waals surface area contributed by atoms with Crippen LogP contribution in [0.5, 0.6) is 0 Å². The molecule has 0 radical (unpaired) electrons. The van der Waals surface area contributed by atoms with Crippen molar-refractivity contribution < 1.29 is 29.7 Å². The van der Waals surface area contributed by atoms with Crippen LogP contribution in [0.4, 0.5) is 0 Å². The summed E-state index contributed by atoms with van der Waals surface area (Å²) in [5.41, 5.74) is 2.44. The molecular formula is C33H42O6. The third-order valence-corrected chi connectivity index (χ3v) is 5.70. The SMILES string of the molecule is CC.CC.CC.O=C(O)/C=C/c1ccccc1.O=C(O)C1C(c2ccccc2)C(C(=O)O)C1c1ccccc1. The molecule has 3 N–H and O–H groups in total. The lowest BCUT2D eigenvalue weighted by molar-refractivity contribution is -0.160. The van der Waals surface area contributed by atoms with Gasteiger partial charge in [-0.05, 0) is 22.8 Å². The second-order valence-electron chi connectivity index (χ2n) is 7.68. The molecule has 1 aliphatic rings. The summed E-state index contributed by atoms with van der Waals surface area (Å²) in [6, 6.07) is 27.4. The summed E-state index contributed by atoms with van der Waals surface area (Å²) in [5, 5.41) is 27.5. The highest BCUT2D eigenvalue weighted by Gasteiger charge is 2.58. The summed E-state index contributed by atoms with van der Waals surface area (Å²) in [6.45, 7) is 12.0. The maximum Gasteiger partial charge on any atom is 0.328 e. The maximum atomic E-state index is 11.7. The number of hydrogen-bond donors (Lipinski definition) is 3. The fourth-order valence-corrected chi connectivity index (χ4v) is 4.27. The van der Waals surface area contributed by atoms with Gasteiger partial charge in [0, 0.05) is 17.9 Å². The van der Waals surface area contributed by atoms with Gasteiger partial charge in [0.15, 0.2) is 0 Å². The average molecular weight is 535 g/mol. The zero-order chi connectivity index (χ0) is 29.8. The van der Waals surface area contributed by atoms with E-state index in [0.717, 1.165) is 22.8 Å². The first-order valence-electron chi connectivity index (χ1n) is 13.4. The van der Waals surface area contributed by atoms with Gasteiger partial charge in [-0.25, -0.2) is 4.79 Å². The van der Waals surface area contributed by atoms with Crippen LogP contribution in [0.3, 0.4) is 0 Å². The molecule has 0 unspecified atom stereocenters. The Labute approximate surface area is 232 Å². The smallest absolute Gasteiger partial charge is 0.328 e. The van der Waals surface area contributed by atoms with Crippen LogP contribution in [0.1, 0.15) is 70.1 Å². The lowest BCUT2D eigenvalue weighted by Crippen LogP contribution is -2.50. The van der Waals surface area contributed by atoms with Crippen molar-refractivity contribution in [3.05, 3.63) is 114 Å². The summed E-state index contributed by atoms with van der Waals surface area (Å²) in [4.78, 5) is 33.5. The zero-order valence-corrected chi connectivity index (χ0v) is 23.7. The van der Waals surface area contributed by atoms with Gasteiger partial charge in [-0.1, -0.05) is 133 Å². The molecule has 0 spiro atoms. The molecule has 0 heterocycles. The van der Waals surface area contributed by atoms with E-state index in [0.29, 0.717) is 0 Å². The van der Waals surface area contributed by atoms with Gasteiger partial charge in [0.25, 0.3) is 0 Å². The van der Waals surface area contributed by atoms with Gasteiger partial charge in [-0.15, -0.1) is 0 Å². The van der Waals surface area contributed by atoms with Gasteiger partial charge in [0.2, 0.25) is 0 Å². The summed E-state index contributed by atoms with van der Waals surface area (Å²) in [6.07, 6.45) is 2.68. The number of benzene rings is 3. The lowest BCUT2D eigenvalue weighted by Gasteiger charge is -2.48. The Balaban J connectivity index is 0.000000717. The van der Waals surface area contributed by atoms with Crippen LogP contribution in [-0.4, -0.2) is 33.2 Å². The van der Waals surface area contributed by atoms with Gasteiger partial charge in [-0.2, -0.15) is 0 Å². The normalized spacial score (nSPS) is 18.5. The van der Waals surface area contributed by atoms with Crippen LogP contribution in [0.2, 0.25) is 0 Å². The van der Waals surface area contributed by atoms with Gasteiger partial charge in [0.05, 0.1) is 11.8 Å². The van der Waals surface area contributed by atoms with E-state index >= 15 is 0 Å². The van der Waals surface area contributed by atoms with E-state index in [4.69, 9.17) is 5.11 Å². The first kappa shape index (κ1) is 34.8. The van der Waals surface area contributed by atoms with Crippen molar-refractivity contribution in [3.8, 4) is 0 Å². The minimum atomic E-state index is -0.944. The van der Waals surface area contributed by atoms with Crippen molar-refractivity contribution in [1.29, 1.82) is 0 Å². The third-order valence-electron chi connectivity index (χ3n) is 5.70. The Morgan fingerprint density at radius 1 is 0.538 bits per heavy atom.